The van der Waals surface area contributed by atoms with Gasteiger partial charge in [-0.25, -0.2) is 8.42 Å². The van der Waals surface area contributed by atoms with Gasteiger partial charge in [-0.1, -0.05) is 23.8 Å². The summed E-state index contributed by atoms with van der Waals surface area (Å²) in [6.45, 7) is 6.18. The Balaban J connectivity index is 1.18. The van der Waals surface area contributed by atoms with Crippen LogP contribution in [0, 0.1) is 12.3 Å². The van der Waals surface area contributed by atoms with Crippen molar-refractivity contribution in [1.82, 2.24) is 9.21 Å². The number of hydrogen-bond acceptors (Lipinski definition) is 5. The van der Waals surface area contributed by atoms with E-state index < -0.39 is 10.0 Å². The summed E-state index contributed by atoms with van der Waals surface area (Å²) < 4.78 is 37.8. The number of aryl methyl sites for hydroxylation is 1. The molecule has 0 amide bonds. The fourth-order valence-electron chi connectivity index (χ4n) is 4.24. The Morgan fingerprint density at radius 2 is 1.67 bits per heavy atom. The van der Waals surface area contributed by atoms with Gasteiger partial charge in [0, 0.05) is 38.1 Å². The van der Waals surface area contributed by atoms with Crippen molar-refractivity contribution in [2.45, 2.75) is 18.4 Å². The molecule has 142 valence electrons. The first-order chi connectivity index (χ1) is 12.9. The summed E-state index contributed by atoms with van der Waals surface area (Å²) in [5.41, 5.74) is 2.37. The summed E-state index contributed by atoms with van der Waals surface area (Å²) in [5, 5.41) is 0. The van der Waals surface area contributed by atoms with Crippen LogP contribution in [0.1, 0.15) is 11.1 Å². The van der Waals surface area contributed by atoms with E-state index in [4.69, 9.17) is 9.47 Å². The third kappa shape index (κ3) is 2.90. The normalized spacial score (nSPS) is 21.1. The van der Waals surface area contributed by atoms with Gasteiger partial charge in [0.25, 0.3) is 0 Å². The molecular formula is C20H22N2O4S. The fraction of sp³-hybridized carbons (Fsp3) is 0.400. The molecular weight excluding hydrogens is 364 g/mol. The number of likely N-dealkylation sites (tertiary alicyclic amines) is 1. The smallest absolute Gasteiger partial charge is 0.243 e. The summed E-state index contributed by atoms with van der Waals surface area (Å²) in [4.78, 5) is 2.74. The molecule has 0 bridgehead atoms. The number of sulfonamides is 1. The first-order valence-electron chi connectivity index (χ1n) is 9.11. The summed E-state index contributed by atoms with van der Waals surface area (Å²) >= 11 is 0. The number of fused-ring (bicyclic) bond motifs is 1. The number of hydrogen-bond donors (Lipinski definition) is 0. The van der Waals surface area contributed by atoms with E-state index in [0.717, 1.165) is 36.7 Å². The van der Waals surface area contributed by atoms with Gasteiger partial charge in [-0.05, 0) is 36.8 Å². The van der Waals surface area contributed by atoms with E-state index >= 15 is 0 Å². The average molecular weight is 386 g/mol. The zero-order chi connectivity index (χ0) is 18.6. The molecule has 7 heteroatoms. The number of benzene rings is 2. The van der Waals surface area contributed by atoms with E-state index in [-0.39, 0.29) is 12.2 Å². The van der Waals surface area contributed by atoms with Crippen molar-refractivity contribution in [3.05, 3.63) is 53.6 Å². The molecule has 2 aromatic rings. The van der Waals surface area contributed by atoms with Gasteiger partial charge in [0.2, 0.25) is 16.8 Å². The van der Waals surface area contributed by atoms with Crippen LogP contribution in [0.4, 0.5) is 0 Å². The van der Waals surface area contributed by atoms with E-state index in [1.807, 2.05) is 31.2 Å². The lowest BCUT2D eigenvalue weighted by Crippen LogP contribution is -2.72. The molecule has 0 saturated carbocycles. The van der Waals surface area contributed by atoms with E-state index in [1.165, 1.54) is 5.56 Å². The predicted molar refractivity (Wildman–Crippen MR) is 100 cm³/mol. The molecule has 27 heavy (non-hydrogen) atoms. The molecule has 0 atom stereocenters. The molecule has 1 spiro atoms. The van der Waals surface area contributed by atoms with Crippen LogP contribution in [-0.4, -0.2) is 50.6 Å². The van der Waals surface area contributed by atoms with Crippen molar-refractivity contribution in [2.24, 2.45) is 5.41 Å². The lowest BCUT2D eigenvalue weighted by molar-refractivity contribution is -0.0846. The number of nitrogens with zero attached hydrogens (tertiary/aromatic N) is 2. The van der Waals surface area contributed by atoms with Crippen LogP contribution in [0.5, 0.6) is 11.5 Å². The minimum Gasteiger partial charge on any atom is -0.454 e. The van der Waals surface area contributed by atoms with Crippen LogP contribution in [0.15, 0.2) is 47.4 Å². The quantitative estimate of drug-likeness (QED) is 0.807. The van der Waals surface area contributed by atoms with Gasteiger partial charge in [0.15, 0.2) is 11.5 Å². The van der Waals surface area contributed by atoms with Crippen molar-refractivity contribution < 1.29 is 17.9 Å². The zero-order valence-electron chi connectivity index (χ0n) is 15.2. The lowest BCUT2D eigenvalue weighted by Gasteiger charge is -2.59. The molecule has 5 rings (SSSR count). The van der Waals surface area contributed by atoms with E-state index in [9.17, 15) is 8.42 Å². The molecule has 3 aliphatic rings. The predicted octanol–water partition coefficient (Wildman–Crippen LogP) is 2.23. The van der Waals surface area contributed by atoms with Crippen LogP contribution in [0.25, 0.3) is 0 Å². The largest absolute Gasteiger partial charge is 0.454 e. The topological polar surface area (TPSA) is 59.1 Å². The van der Waals surface area contributed by atoms with Crippen molar-refractivity contribution in [3.63, 3.8) is 0 Å². The molecule has 3 heterocycles. The van der Waals surface area contributed by atoms with Gasteiger partial charge in [-0.3, -0.25) is 4.90 Å². The highest BCUT2D eigenvalue weighted by Gasteiger charge is 2.54. The Bertz CT molecular complexity index is 974. The van der Waals surface area contributed by atoms with Gasteiger partial charge < -0.3 is 9.47 Å². The monoisotopic (exact) mass is 386 g/mol. The maximum atomic E-state index is 12.7. The van der Waals surface area contributed by atoms with Gasteiger partial charge in [-0.15, -0.1) is 0 Å². The maximum absolute atomic E-state index is 12.7. The molecule has 2 saturated heterocycles. The third-order valence-corrected chi connectivity index (χ3v) is 7.45. The van der Waals surface area contributed by atoms with Crippen LogP contribution in [-0.2, 0) is 16.6 Å². The molecule has 0 unspecified atom stereocenters. The molecule has 0 N–H and O–H groups in total. The van der Waals surface area contributed by atoms with Crippen molar-refractivity contribution in [1.29, 1.82) is 0 Å². The Hall–Kier alpha value is -2.09. The Kier molecular flexibility index (Phi) is 3.76. The molecule has 2 aromatic carbocycles. The average Bonchev–Trinajstić information content (AvgIpc) is 3.03. The maximum Gasteiger partial charge on any atom is 0.243 e. The van der Waals surface area contributed by atoms with Crippen molar-refractivity contribution in [2.75, 3.05) is 33.0 Å². The third-order valence-electron chi connectivity index (χ3n) is 5.64. The second-order valence-electron chi connectivity index (χ2n) is 7.92. The molecule has 2 fully saturated rings. The van der Waals surface area contributed by atoms with Crippen molar-refractivity contribution in [3.8, 4) is 11.5 Å². The van der Waals surface area contributed by atoms with E-state index in [1.54, 1.807) is 16.4 Å². The van der Waals surface area contributed by atoms with Crippen LogP contribution < -0.4 is 9.47 Å². The Morgan fingerprint density at radius 3 is 2.41 bits per heavy atom. The highest BCUT2D eigenvalue weighted by atomic mass is 32.2. The second kappa shape index (κ2) is 5.95. The van der Waals surface area contributed by atoms with Gasteiger partial charge >= 0.3 is 0 Å². The molecule has 0 aliphatic carbocycles. The van der Waals surface area contributed by atoms with Crippen LogP contribution in [0.3, 0.4) is 0 Å². The Morgan fingerprint density at radius 1 is 0.963 bits per heavy atom. The molecule has 3 aliphatic heterocycles. The molecule has 0 radical (unpaired) electrons. The summed E-state index contributed by atoms with van der Waals surface area (Å²) in [6.07, 6.45) is 0. The van der Waals surface area contributed by atoms with E-state index in [0.29, 0.717) is 18.0 Å². The van der Waals surface area contributed by atoms with Crippen molar-refractivity contribution >= 4 is 10.0 Å². The fourth-order valence-corrected chi connectivity index (χ4v) is 5.91. The summed E-state index contributed by atoms with van der Waals surface area (Å²) in [6, 6.07) is 13.1. The highest BCUT2D eigenvalue weighted by Crippen LogP contribution is 2.43. The number of ether oxygens (including phenoxy) is 2. The lowest BCUT2D eigenvalue weighted by atomic mass is 9.74. The summed E-state index contributed by atoms with van der Waals surface area (Å²) in [7, 11) is -3.37. The minimum atomic E-state index is -3.37. The zero-order valence-corrected chi connectivity index (χ0v) is 16.0. The highest BCUT2D eigenvalue weighted by molar-refractivity contribution is 7.89. The SMILES string of the molecule is Cc1ccc(S(=O)(=O)N2CC3(CN(Cc4ccc5c(c4)OCO5)C3)C2)cc1. The first-order valence-corrected chi connectivity index (χ1v) is 10.6. The first kappa shape index (κ1) is 17.0. The van der Waals surface area contributed by atoms with Crippen LogP contribution in [0.2, 0.25) is 0 Å². The second-order valence-corrected chi connectivity index (χ2v) is 9.86. The van der Waals surface area contributed by atoms with E-state index in [2.05, 4.69) is 11.0 Å². The summed E-state index contributed by atoms with van der Waals surface area (Å²) in [5.74, 6) is 1.61. The molecule has 6 nitrogen and oxygen atoms in total. The Labute approximate surface area is 159 Å². The van der Waals surface area contributed by atoms with Gasteiger partial charge in [-0.2, -0.15) is 4.31 Å². The van der Waals surface area contributed by atoms with Gasteiger partial charge in [0.1, 0.15) is 0 Å². The minimum absolute atomic E-state index is 0.119. The van der Waals surface area contributed by atoms with Crippen LogP contribution >= 0.6 is 0 Å². The number of rotatable bonds is 4. The standard InChI is InChI=1S/C20H22N2O4S/c1-15-2-5-17(6-3-15)27(23,24)22-12-20(13-22)10-21(11-20)9-16-4-7-18-19(8-16)26-14-25-18/h2-8H,9-14H2,1H3. The molecule has 0 aromatic heterocycles. The van der Waals surface area contributed by atoms with Gasteiger partial charge in [0.05, 0.1) is 4.90 Å².